The number of nitrogens with zero attached hydrogens (tertiary/aromatic N) is 3. The van der Waals surface area contributed by atoms with Gasteiger partial charge in [-0.2, -0.15) is 4.98 Å². The molecule has 1 aromatic heterocycles. The number of hydrogen-bond acceptors (Lipinski definition) is 7. The molecule has 4 rings (SSSR count). The van der Waals surface area contributed by atoms with Crippen molar-refractivity contribution in [3.05, 3.63) is 35.2 Å². The maximum absolute atomic E-state index is 13.1. The fourth-order valence-electron chi connectivity index (χ4n) is 4.67. The molecule has 2 aromatic rings. The van der Waals surface area contributed by atoms with E-state index in [-0.39, 0.29) is 37.3 Å². The molecule has 8 nitrogen and oxygen atoms in total. The summed E-state index contributed by atoms with van der Waals surface area (Å²) in [5.41, 5.74) is 1.40. The average molecular weight is 493 g/mol. The lowest BCUT2D eigenvalue weighted by Gasteiger charge is -2.32. The standard InChI is InChI=1S/C25H34F2N4O4/c1-16-12-20(5-6-21(16)22(33)28-17(2)15-32)34-11-3-4-18-7-9-31(10-8-18)24-29-23(35-30-24)19-13-25(26,27)14-19/h5-6,12,17-19,32H,3-4,7-11,13-15H2,1-2H3,(H,28,33)/t17-/m1/s1. The SMILES string of the molecule is Cc1cc(OCCCC2CCN(c3noc(C4CC(F)(F)C4)n3)CC2)ccc1C(=O)N[C@H](C)CO. The maximum Gasteiger partial charge on any atom is 0.266 e. The van der Waals surface area contributed by atoms with Crippen LogP contribution in [0.15, 0.2) is 22.7 Å². The third-order valence-electron chi connectivity index (χ3n) is 6.89. The Balaban J connectivity index is 1.15. The van der Waals surface area contributed by atoms with Crippen molar-refractivity contribution in [3.63, 3.8) is 0 Å². The molecule has 192 valence electrons. The highest BCUT2D eigenvalue weighted by Gasteiger charge is 2.48. The Hall–Kier alpha value is -2.75. The lowest BCUT2D eigenvalue weighted by molar-refractivity contribution is -0.0925. The van der Waals surface area contributed by atoms with Crippen LogP contribution in [0.5, 0.6) is 5.75 Å². The summed E-state index contributed by atoms with van der Waals surface area (Å²) < 4.78 is 37.3. The van der Waals surface area contributed by atoms with Gasteiger partial charge in [-0.25, -0.2) is 8.78 Å². The summed E-state index contributed by atoms with van der Waals surface area (Å²) in [7, 11) is 0. The van der Waals surface area contributed by atoms with Gasteiger partial charge in [0.15, 0.2) is 0 Å². The number of rotatable bonds is 10. The molecule has 1 saturated carbocycles. The van der Waals surface area contributed by atoms with Crippen LogP contribution in [0.1, 0.15) is 73.2 Å². The van der Waals surface area contributed by atoms with Gasteiger partial charge in [0.25, 0.3) is 11.9 Å². The Morgan fingerprint density at radius 2 is 2.09 bits per heavy atom. The number of carbonyl (C=O) groups excluding carboxylic acids is 1. The fourth-order valence-corrected chi connectivity index (χ4v) is 4.67. The summed E-state index contributed by atoms with van der Waals surface area (Å²) >= 11 is 0. The van der Waals surface area contributed by atoms with E-state index in [1.54, 1.807) is 19.1 Å². The molecule has 1 saturated heterocycles. The largest absolute Gasteiger partial charge is 0.494 e. The zero-order valence-electron chi connectivity index (χ0n) is 20.3. The quantitative estimate of drug-likeness (QED) is 0.482. The van der Waals surface area contributed by atoms with Crippen LogP contribution in [0.4, 0.5) is 14.7 Å². The second-order valence-corrected chi connectivity index (χ2v) is 9.85. The summed E-state index contributed by atoms with van der Waals surface area (Å²) in [6.07, 6.45) is 3.60. The number of amides is 1. The number of piperidine rings is 1. The minimum Gasteiger partial charge on any atom is -0.494 e. The van der Waals surface area contributed by atoms with E-state index in [1.165, 1.54) is 0 Å². The first-order valence-electron chi connectivity index (χ1n) is 12.4. The van der Waals surface area contributed by atoms with Crippen LogP contribution in [0.25, 0.3) is 0 Å². The number of alkyl halides is 2. The Labute approximate surface area is 204 Å². The van der Waals surface area contributed by atoms with E-state index in [1.807, 2.05) is 13.0 Å². The van der Waals surface area contributed by atoms with E-state index in [2.05, 4.69) is 20.4 Å². The third kappa shape index (κ3) is 6.48. The Kier molecular flexibility index (Phi) is 7.88. The van der Waals surface area contributed by atoms with Crippen molar-refractivity contribution in [1.29, 1.82) is 0 Å². The van der Waals surface area contributed by atoms with Crippen molar-refractivity contribution in [3.8, 4) is 5.75 Å². The molecule has 2 fully saturated rings. The Morgan fingerprint density at radius 1 is 1.34 bits per heavy atom. The molecule has 1 atom stereocenters. The molecule has 2 heterocycles. The van der Waals surface area contributed by atoms with Gasteiger partial charge in [0.1, 0.15) is 5.75 Å². The number of ether oxygens (including phenoxy) is 1. The third-order valence-corrected chi connectivity index (χ3v) is 6.89. The molecule has 2 aliphatic rings. The van der Waals surface area contributed by atoms with Crippen LogP contribution in [0.3, 0.4) is 0 Å². The summed E-state index contributed by atoms with van der Waals surface area (Å²) in [4.78, 5) is 18.7. The van der Waals surface area contributed by atoms with Crippen molar-refractivity contribution in [1.82, 2.24) is 15.5 Å². The van der Waals surface area contributed by atoms with Gasteiger partial charge in [-0.3, -0.25) is 4.79 Å². The topological polar surface area (TPSA) is 101 Å². The lowest BCUT2D eigenvalue weighted by atomic mass is 9.81. The fraction of sp³-hybridized carbons (Fsp3) is 0.640. The van der Waals surface area contributed by atoms with Crippen LogP contribution in [-0.2, 0) is 0 Å². The number of aliphatic hydroxyl groups is 1. The minimum absolute atomic E-state index is 0.104. The van der Waals surface area contributed by atoms with Crippen molar-refractivity contribution in [2.24, 2.45) is 5.92 Å². The minimum atomic E-state index is -2.60. The second-order valence-electron chi connectivity index (χ2n) is 9.85. The number of hydrogen-bond donors (Lipinski definition) is 2. The van der Waals surface area contributed by atoms with Crippen LogP contribution >= 0.6 is 0 Å². The lowest BCUT2D eigenvalue weighted by Crippen LogP contribution is -2.35. The van der Waals surface area contributed by atoms with E-state index in [4.69, 9.17) is 14.4 Å². The maximum atomic E-state index is 13.1. The molecular weight excluding hydrogens is 458 g/mol. The number of benzene rings is 1. The van der Waals surface area contributed by atoms with Gasteiger partial charge in [0.05, 0.1) is 13.2 Å². The molecule has 1 amide bonds. The number of aryl methyl sites for hydroxylation is 1. The van der Waals surface area contributed by atoms with Gasteiger partial charge in [-0.15, -0.1) is 0 Å². The smallest absolute Gasteiger partial charge is 0.266 e. The molecule has 35 heavy (non-hydrogen) atoms. The summed E-state index contributed by atoms with van der Waals surface area (Å²) in [5, 5.41) is 15.9. The predicted octanol–water partition coefficient (Wildman–Crippen LogP) is 4.08. The number of carbonyl (C=O) groups is 1. The molecular formula is C25H34F2N4O4. The Bertz CT molecular complexity index is 999. The number of anilines is 1. The summed E-state index contributed by atoms with van der Waals surface area (Å²) in [5.74, 6) is -0.961. The molecule has 1 aromatic carbocycles. The van der Waals surface area contributed by atoms with E-state index < -0.39 is 5.92 Å². The number of aromatic nitrogens is 2. The van der Waals surface area contributed by atoms with Gasteiger partial charge < -0.3 is 24.6 Å². The van der Waals surface area contributed by atoms with E-state index >= 15 is 0 Å². The first-order valence-corrected chi connectivity index (χ1v) is 12.4. The molecule has 0 bridgehead atoms. The van der Waals surface area contributed by atoms with Crippen molar-refractivity contribution in [2.75, 3.05) is 31.2 Å². The highest BCUT2D eigenvalue weighted by Crippen LogP contribution is 2.48. The van der Waals surface area contributed by atoms with Crippen LogP contribution in [-0.4, -0.2) is 59.4 Å². The van der Waals surface area contributed by atoms with Gasteiger partial charge in [0.2, 0.25) is 11.8 Å². The van der Waals surface area contributed by atoms with Gasteiger partial charge in [-0.05, 0) is 74.4 Å². The number of aliphatic hydroxyl groups excluding tert-OH is 1. The predicted molar refractivity (Wildman–Crippen MR) is 126 cm³/mol. The molecule has 0 radical (unpaired) electrons. The highest BCUT2D eigenvalue weighted by molar-refractivity contribution is 5.95. The number of halogens is 2. The molecule has 10 heteroatoms. The average Bonchev–Trinajstić information content (AvgIpc) is 3.30. The monoisotopic (exact) mass is 492 g/mol. The van der Waals surface area contributed by atoms with Gasteiger partial charge in [0, 0.05) is 43.5 Å². The van der Waals surface area contributed by atoms with Gasteiger partial charge in [-0.1, -0.05) is 0 Å². The van der Waals surface area contributed by atoms with Crippen LogP contribution < -0.4 is 15.0 Å². The highest BCUT2D eigenvalue weighted by atomic mass is 19.3. The summed E-state index contributed by atoms with van der Waals surface area (Å²) in [6, 6.07) is 5.12. The zero-order chi connectivity index (χ0) is 25.0. The molecule has 0 unspecified atom stereocenters. The molecule has 1 aliphatic heterocycles. The van der Waals surface area contributed by atoms with Gasteiger partial charge >= 0.3 is 0 Å². The summed E-state index contributed by atoms with van der Waals surface area (Å²) in [6.45, 7) is 5.76. The first kappa shape index (κ1) is 25.3. The van der Waals surface area contributed by atoms with Crippen LogP contribution in [0.2, 0.25) is 0 Å². The normalized spacial score (nSPS) is 19.3. The van der Waals surface area contributed by atoms with E-state index in [0.717, 1.165) is 50.1 Å². The van der Waals surface area contributed by atoms with E-state index in [9.17, 15) is 13.6 Å². The molecule has 1 aliphatic carbocycles. The Morgan fingerprint density at radius 3 is 2.74 bits per heavy atom. The molecule has 0 spiro atoms. The zero-order valence-corrected chi connectivity index (χ0v) is 20.3. The number of nitrogens with one attached hydrogen (secondary N) is 1. The first-order chi connectivity index (χ1) is 16.7. The van der Waals surface area contributed by atoms with Crippen molar-refractivity contribution >= 4 is 11.9 Å². The second kappa shape index (κ2) is 10.9. The van der Waals surface area contributed by atoms with Crippen molar-refractivity contribution < 1.29 is 27.9 Å². The van der Waals surface area contributed by atoms with Crippen LogP contribution in [0, 0.1) is 12.8 Å². The molecule has 2 N–H and O–H groups in total. The van der Waals surface area contributed by atoms with E-state index in [0.29, 0.717) is 29.9 Å². The van der Waals surface area contributed by atoms with Crippen molar-refractivity contribution in [2.45, 2.75) is 70.3 Å².